The van der Waals surface area contributed by atoms with Crippen LogP contribution in [0.2, 0.25) is 0 Å². The van der Waals surface area contributed by atoms with Crippen LogP contribution >= 0.6 is 9.21 Å². The van der Waals surface area contributed by atoms with Gasteiger partial charge in [0.15, 0.2) is 0 Å². The van der Waals surface area contributed by atoms with Gasteiger partial charge in [-0.2, -0.15) is 9.21 Å². The van der Waals surface area contributed by atoms with Crippen molar-refractivity contribution in [2.75, 3.05) is 6.26 Å². The van der Waals surface area contributed by atoms with E-state index < -0.39 is 9.21 Å². The van der Waals surface area contributed by atoms with Crippen LogP contribution in [-0.2, 0) is 0 Å². The van der Waals surface area contributed by atoms with Gasteiger partial charge in [-0.3, -0.25) is 0 Å². The van der Waals surface area contributed by atoms with E-state index in [1.165, 1.54) is 0 Å². The molecule has 0 aromatic heterocycles. The Bertz CT molecular complexity index is 538. The molecule has 0 fully saturated rings. The molecule has 0 aliphatic heterocycles. The highest BCUT2D eigenvalue weighted by atomic mass is 32.2. The molecule has 0 radical (unpaired) electrons. The molecule has 0 aliphatic rings. The molecule has 2 heteroatoms. The van der Waals surface area contributed by atoms with Crippen LogP contribution in [0.5, 0.6) is 0 Å². The van der Waals surface area contributed by atoms with Gasteiger partial charge < -0.3 is 5.41 Å². The molecular formula is C18H29NS. The molecule has 20 heavy (non-hydrogen) atoms. The summed E-state index contributed by atoms with van der Waals surface area (Å²) in [6.45, 7) is 15.3. The molecule has 0 saturated carbocycles. The fraction of sp³-hybridized carbons (Fsp3) is 0.278. The summed E-state index contributed by atoms with van der Waals surface area (Å²) in [5, 5.41) is 7.92. The van der Waals surface area contributed by atoms with Crippen LogP contribution in [0.15, 0.2) is 59.6 Å². The number of hydrogen-bond donors (Lipinski definition) is 1. The summed E-state index contributed by atoms with van der Waals surface area (Å²) in [5.41, 5.74) is 2.14. The fourth-order valence-corrected chi connectivity index (χ4v) is 2.40. The maximum absolute atomic E-state index is 7.92. The zero-order valence-electron chi connectivity index (χ0n) is 13.6. The monoisotopic (exact) mass is 291 g/mol. The number of allylic oxidation sites excluding steroid dienone is 7. The highest BCUT2D eigenvalue weighted by molar-refractivity contribution is 8.30. The number of rotatable bonds is 6. The lowest BCUT2D eigenvalue weighted by molar-refractivity contribution is 1.46. The first-order valence-electron chi connectivity index (χ1n) is 6.60. The molecule has 0 aromatic carbocycles. The van der Waals surface area contributed by atoms with E-state index in [4.69, 9.17) is 5.41 Å². The minimum Gasteiger partial charge on any atom is -0.301 e. The van der Waals surface area contributed by atoms with Gasteiger partial charge >= 0.3 is 0 Å². The quantitative estimate of drug-likeness (QED) is 0.381. The molecule has 1 N–H and O–H groups in total. The Hall–Kier alpha value is -1.54. The van der Waals surface area contributed by atoms with E-state index >= 15 is 0 Å². The van der Waals surface area contributed by atoms with E-state index in [0.717, 1.165) is 16.1 Å². The Morgan fingerprint density at radius 2 is 1.70 bits per heavy atom. The number of nitrogens with one attached hydrogen (secondary N) is 1. The predicted octanol–water partition coefficient (Wildman–Crippen LogP) is 5.48. The molecule has 1 nitrogen and oxygen atoms in total. The zero-order valence-corrected chi connectivity index (χ0v) is 14.4. The van der Waals surface area contributed by atoms with Gasteiger partial charge in [-0.1, -0.05) is 63.1 Å². The van der Waals surface area contributed by atoms with E-state index in [2.05, 4.69) is 24.9 Å². The molecule has 112 valence electrons. The topological polar surface area (TPSA) is 23.9 Å². The maximum atomic E-state index is 7.92. The van der Waals surface area contributed by atoms with Crippen LogP contribution in [0.3, 0.4) is 0 Å². The molecule has 0 aliphatic carbocycles. The van der Waals surface area contributed by atoms with Gasteiger partial charge in [0.2, 0.25) is 0 Å². The van der Waals surface area contributed by atoms with Gasteiger partial charge in [0.05, 0.1) is 5.71 Å². The Kier molecular flexibility index (Phi) is 10.7. The van der Waals surface area contributed by atoms with E-state index in [9.17, 15) is 0 Å². The first-order valence-corrected chi connectivity index (χ1v) is 8.98. The van der Waals surface area contributed by atoms with Crippen molar-refractivity contribution in [2.45, 2.75) is 27.7 Å². The smallest absolute Gasteiger partial charge is 0.0574 e. The first-order chi connectivity index (χ1) is 9.23. The molecule has 0 heterocycles. The summed E-state index contributed by atoms with van der Waals surface area (Å²) in [5.74, 6) is 8.27. The van der Waals surface area contributed by atoms with Crippen LogP contribution in [0.4, 0.5) is 0 Å². The average molecular weight is 292 g/mol. The molecule has 0 atom stereocenters. The lowest BCUT2D eigenvalue weighted by atomic mass is 10.1. The lowest BCUT2D eigenvalue weighted by Gasteiger charge is -2.15. The summed E-state index contributed by atoms with van der Waals surface area (Å²) < 4.78 is 0. The molecule has 0 amide bonds. The third-order valence-corrected chi connectivity index (χ3v) is 3.61. The molecule has 0 bridgehead atoms. The van der Waals surface area contributed by atoms with E-state index in [1.807, 2.05) is 58.3 Å². The van der Waals surface area contributed by atoms with Crippen LogP contribution in [0, 0.1) is 5.41 Å². The summed E-state index contributed by atoms with van der Waals surface area (Å²) in [4.78, 5) is 0.980. The second kappa shape index (κ2) is 10.3. The van der Waals surface area contributed by atoms with E-state index in [-0.39, 0.29) is 0 Å². The number of hydrogen-bond acceptors (Lipinski definition) is 1. The standard InChI is InChI=1S/C16H23NS.C2H6/c1-8-10-14(11-9-2)16(18(5,6)7)12-15(17)13(3)4;1-2/h8-12,17H,1,3,5-6H2,2,4,7H3;1-2H3/b11-9-,14-10+,16-12+,17-15?;. The van der Waals surface area contributed by atoms with Crippen LogP contribution in [0.1, 0.15) is 27.7 Å². The minimum atomic E-state index is -1.43. The molecule has 0 spiro atoms. The lowest BCUT2D eigenvalue weighted by Crippen LogP contribution is -1.97. The molecule has 0 aromatic rings. The minimum absolute atomic E-state index is 0.412. The van der Waals surface area contributed by atoms with Crippen LogP contribution in [0.25, 0.3) is 0 Å². The van der Waals surface area contributed by atoms with Crippen molar-refractivity contribution in [1.82, 2.24) is 0 Å². The van der Waals surface area contributed by atoms with Crippen LogP contribution in [-0.4, -0.2) is 23.7 Å². The largest absolute Gasteiger partial charge is 0.301 e. The van der Waals surface area contributed by atoms with Gasteiger partial charge in [-0.05, 0) is 37.3 Å². The third-order valence-electron chi connectivity index (χ3n) is 2.19. The second-order valence-corrected chi connectivity index (χ2v) is 7.32. The third kappa shape index (κ3) is 7.80. The second-order valence-electron chi connectivity index (χ2n) is 4.33. The average Bonchev–Trinajstić information content (AvgIpc) is 2.36. The zero-order chi connectivity index (χ0) is 16.3. The van der Waals surface area contributed by atoms with Crippen molar-refractivity contribution in [2.24, 2.45) is 0 Å². The fourth-order valence-electron chi connectivity index (χ4n) is 1.29. The highest BCUT2D eigenvalue weighted by Crippen LogP contribution is 2.33. The Morgan fingerprint density at radius 1 is 1.20 bits per heavy atom. The summed E-state index contributed by atoms with van der Waals surface area (Å²) in [7, 11) is -1.43. The molecule has 0 saturated heterocycles. The van der Waals surface area contributed by atoms with Crippen molar-refractivity contribution in [1.29, 1.82) is 5.41 Å². The van der Waals surface area contributed by atoms with E-state index in [1.54, 1.807) is 6.08 Å². The van der Waals surface area contributed by atoms with Gasteiger partial charge in [0.1, 0.15) is 0 Å². The first kappa shape index (κ1) is 20.8. The van der Waals surface area contributed by atoms with Crippen molar-refractivity contribution >= 4 is 26.7 Å². The maximum Gasteiger partial charge on any atom is 0.0574 e. The normalized spacial score (nSPS) is 12.7. The van der Waals surface area contributed by atoms with Crippen molar-refractivity contribution in [3.05, 3.63) is 59.6 Å². The van der Waals surface area contributed by atoms with E-state index in [0.29, 0.717) is 5.71 Å². The summed E-state index contributed by atoms with van der Waals surface area (Å²) >= 11 is 0. The highest BCUT2D eigenvalue weighted by Gasteiger charge is 2.06. The molecule has 0 unspecified atom stereocenters. The molecule has 0 rings (SSSR count). The summed E-state index contributed by atoms with van der Waals surface area (Å²) in [6.07, 6.45) is 11.4. The van der Waals surface area contributed by atoms with Crippen molar-refractivity contribution in [3.8, 4) is 0 Å². The van der Waals surface area contributed by atoms with Gasteiger partial charge in [-0.25, -0.2) is 0 Å². The molecular weight excluding hydrogens is 262 g/mol. The Morgan fingerprint density at radius 3 is 2.00 bits per heavy atom. The Balaban J connectivity index is 0. The summed E-state index contributed by atoms with van der Waals surface area (Å²) in [6, 6.07) is 0. The Labute approximate surface area is 126 Å². The van der Waals surface area contributed by atoms with Crippen molar-refractivity contribution < 1.29 is 0 Å². The predicted molar refractivity (Wildman–Crippen MR) is 103 cm³/mol. The van der Waals surface area contributed by atoms with Gasteiger partial charge in [0, 0.05) is 4.91 Å². The van der Waals surface area contributed by atoms with Crippen molar-refractivity contribution in [3.63, 3.8) is 0 Å². The van der Waals surface area contributed by atoms with Gasteiger partial charge in [-0.15, -0.1) is 0 Å². The SMILES string of the molecule is C=C/C=C(\C=C/C)C(=C\C(=N)C(=C)C)/S(=C)(=C)C.CC. The van der Waals surface area contributed by atoms with Crippen LogP contribution < -0.4 is 0 Å². The van der Waals surface area contributed by atoms with Gasteiger partial charge in [0.25, 0.3) is 0 Å².